The normalized spacial score (nSPS) is 11.3. The first-order valence-electron chi connectivity index (χ1n) is 7.92. The molecule has 4 aromatic rings. The second-order valence-corrected chi connectivity index (χ2v) is 6.84. The van der Waals surface area contributed by atoms with E-state index in [-0.39, 0.29) is 10.7 Å². The molecule has 0 spiro atoms. The highest BCUT2D eigenvalue weighted by Crippen LogP contribution is 2.41. The van der Waals surface area contributed by atoms with E-state index in [0.717, 1.165) is 22.1 Å². The number of pyridine rings is 1. The number of thiophene rings is 1. The molecule has 0 amide bonds. The van der Waals surface area contributed by atoms with Gasteiger partial charge in [-0.3, -0.25) is 4.98 Å². The average molecular weight is 351 g/mol. The lowest BCUT2D eigenvalue weighted by molar-refractivity contribution is 0.0703. The fraction of sp³-hybridized carbons (Fsp3) is 0.100. The monoisotopic (exact) mass is 351 g/mol. The van der Waals surface area contributed by atoms with Crippen LogP contribution < -0.4 is 0 Å². The van der Waals surface area contributed by atoms with Crippen molar-refractivity contribution in [1.82, 2.24) is 4.98 Å². The van der Waals surface area contributed by atoms with Crippen LogP contribution in [-0.4, -0.2) is 16.1 Å². The van der Waals surface area contributed by atoms with Crippen molar-refractivity contribution < 1.29 is 14.3 Å². The van der Waals surface area contributed by atoms with Crippen molar-refractivity contribution in [3.8, 4) is 11.1 Å². The molecule has 5 heteroatoms. The molecular weight excluding hydrogens is 337 g/mol. The van der Waals surface area contributed by atoms with Gasteiger partial charge in [-0.1, -0.05) is 31.2 Å². The fourth-order valence-corrected chi connectivity index (χ4v) is 4.21. The SMILES string of the molecule is CCc1ccc(-c2c(C(=O)O)sc3c2cnc2ccc(F)cc23)cc1. The van der Waals surface area contributed by atoms with Crippen LogP contribution in [0.4, 0.5) is 4.39 Å². The third kappa shape index (κ3) is 2.57. The Kier molecular flexibility index (Phi) is 3.73. The van der Waals surface area contributed by atoms with Gasteiger partial charge in [0.1, 0.15) is 10.7 Å². The van der Waals surface area contributed by atoms with Gasteiger partial charge in [0.15, 0.2) is 0 Å². The van der Waals surface area contributed by atoms with Gasteiger partial charge in [0, 0.05) is 27.2 Å². The van der Waals surface area contributed by atoms with Crippen molar-refractivity contribution >= 4 is 38.3 Å². The average Bonchev–Trinajstić information content (AvgIpc) is 3.02. The summed E-state index contributed by atoms with van der Waals surface area (Å²) in [5.74, 6) is -1.35. The number of benzene rings is 2. The molecule has 0 atom stereocenters. The second-order valence-electron chi connectivity index (χ2n) is 5.82. The van der Waals surface area contributed by atoms with Crippen LogP contribution in [0.25, 0.3) is 32.1 Å². The van der Waals surface area contributed by atoms with Crippen molar-refractivity contribution in [2.45, 2.75) is 13.3 Å². The zero-order chi connectivity index (χ0) is 17.6. The molecule has 0 radical (unpaired) electrons. The molecule has 25 heavy (non-hydrogen) atoms. The number of hydrogen-bond donors (Lipinski definition) is 1. The molecule has 3 nitrogen and oxygen atoms in total. The summed E-state index contributed by atoms with van der Waals surface area (Å²) in [5, 5.41) is 11.1. The van der Waals surface area contributed by atoms with Crippen LogP contribution >= 0.6 is 11.3 Å². The Labute approximate surface area is 147 Å². The smallest absolute Gasteiger partial charge is 0.346 e. The van der Waals surface area contributed by atoms with Gasteiger partial charge in [-0.05, 0) is 35.7 Å². The van der Waals surface area contributed by atoms with E-state index in [2.05, 4.69) is 11.9 Å². The van der Waals surface area contributed by atoms with Crippen molar-refractivity contribution in [3.63, 3.8) is 0 Å². The van der Waals surface area contributed by atoms with Crippen LogP contribution in [0, 0.1) is 5.82 Å². The number of carboxylic acid groups (broad SMARTS) is 1. The number of nitrogens with zero attached hydrogens (tertiary/aromatic N) is 1. The van der Waals surface area contributed by atoms with E-state index in [4.69, 9.17) is 0 Å². The molecule has 0 aliphatic rings. The van der Waals surface area contributed by atoms with E-state index in [9.17, 15) is 14.3 Å². The lowest BCUT2D eigenvalue weighted by Crippen LogP contribution is -1.95. The molecule has 0 unspecified atom stereocenters. The van der Waals surface area contributed by atoms with Gasteiger partial charge in [-0.25, -0.2) is 9.18 Å². The van der Waals surface area contributed by atoms with Gasteiger partial charge in [0.2, 0.25) is 0 Å². The van der Waals surface area contributed by atoms with Crippen molar-refractivity contribution in [1.29, 1.82) is 0 Å². The van der Waals surface area contributed by atoms with Gasteiger partial charge in [0.25, 0.3) is 0 Å². The largest absolute Gasteiger partial charge is 0.477 e. The molecule has 0 aliphatic heterocycles. The Bertz CT molecular complexity index is 1120. The predicted molar refractivity (Wildman–Crippen MR) is 98.9 cm³/mol. The standard InChI is InChI=1S/C20H14FNO2S/c1-2-11-3-5-12(6-4-11)17-15-10-22-16-8-7-13(21)9-14(16)18(15)25-19(17)20(23)24/h3-10H,2H2,1H3,(H,23,24). The number of hydrogen-bond acceptors (Lipinski definition) is 3. The predicted octanol–water partition coefficient (Wildman–Crippen LogP) is 5.52. The third-order valence-corrected chi connectivity index (χ3v) is 5.55. The first-order chi connectivity index (χ1) is 12.1. The molecule has 2 aromatic heterocycles. The Balaban J connectivity index is 2.07. The van der Waals surface area contributed by atoms with E-state index >= 15 is 0 Å². The topological polar surface area (TPSA) is 50.2 Å². The zero-order valence-electron chi connectivity index (χ0n) is 13.4. The molecule has 4 rings (SSSR count). The minimum absolute atomic E-state index is 0.248. The first-order valence-corrected chi connectivity index (χ1v) is 8.73. The number of aromatic carboxylic acids is 1. The number of fused-ring (bicyclic) bond motifs is 3. The van der Waals surface area contributed by atoms with E-state index in [1.54, 1.807) is 12.3 Å². The van der Waals surface area contributed by atoms with Gasteiger partial charge >= 0.3 is 5.97 Å². The first kappa shape index (κ1) is 15.7. The number of rotatable bonds is 3. The number of aryl methyl sites for hydroxylation is 1. The molecule has 0 saturated carbocycles. The lowest BCUT2D eigenvalue weighted by Gasteiger charge is -2.05. The summed E-state index contributed by atoms with van der Waals surface area (Å²) in [4.78, 5) is 16.4. The van der Waals surface area contributed by atoms with Gasteiger partial charge in [-0.2, -0.15) is 0 Å². The molecule has 2 heterocycles. The van der Waals surface area contributed by atoms with E-state index in [1.807, 2.05) is 24.3 Å². The highest BCUT2D eigenvalue weighted by Gasteiger charge is 2.21. The van der Waals surface area contributed by atoms with Gasteiger partial charge in [0.05, 0.1) is 5.52 Å². The molecule has 1 N–H and O–H groups in total. The molecule has 0 bridgehead atoms. The highest BCUT2D eigenvalue weighted by molar-refractivity contribution is 7.22. The summed E-state index contributed by atoms with van der Waals surface area (Å²) in [5.41, 5.74) is 3.32. The Morgan fingerprint density at radius 2 is 1.92 bits per heavy atom. The fourth-order valence-electron chi connectivity index (χ4n) is 3.05. The summed E-state index contributed by atoms with van der Waals surface area (Å²) < 4.78 is 14.4. The van der Waals surface area contributed by atoms with E-state index in [1.165, 1.54) is 29.0 Å². The van der Waals surface area contributed by atoms with Crippen LogP contribution in [0.2, 0.25) is 0 Å². The Morgan fingerprint density at radius 1 is 1.16 bits per heavy atom. The van der Waals surface area contributed by atoms with E-state index < -0.39 is 5.97 Å². The second kappa shape index (κ2) is 5.93. The number of carboxylic acids is 1. The summed E-state index contributed by atoms with van der Waals surface area (Å²) in [6, 6.07) is 12.2. The third-order valence-electron chi connectivity index (χ3n) is 4.33. The van der Waals surface area contributed by atoms with Crippen LogP contribution in [-0.2, 0) is 6.42 Å². The van der Waals surface area contributed by atoms with Crippen LogP contribution in [0.1, 0.15) is 22.2 Å². The van der Waals surface area contributed by atoms with Crippen molar-refractivity contribution in [2.75, 3.05) is 0 Å². The summed E-state index contributed by atoms with van der Waals surface area (Å²) in [7, 11) is 0. The number of halogens is 1. The molecular formula is C20H14FNO2S. The van der Waals surface area contributed by atoms with Crippen molar-refractivity contribution in [2.24, 2.45) is 0 Å². The molecule has 0 saturated heterocycles. The highest BCUT2D eigenvalue weighted by atomic mass is 32.1. The van der Waals surface area contributed by atoms with Gasteiger partial charge in [-0.15, -0.1) is 11.3 Å². The lowest BCUT2D eigenvalue weighted by atomic mass is 10.00. The van der Waals surface area contributed by atoms with E-state index in [0.29, 0.717) is 16.5 Å². The molecule has 0 fully saturated rings. The molecule has 124 valence electrons. The minimum atomic E-state index is -0.986. The molecule has 2 aromatic carbocycles. The Morgan fingerprint density at radius 3 is 2.60 bits per heavy atom. The summed E-state index contributed by atoms with van der Waals surface area (Å²) in [6.07, 6.45) is 2.60. The maximum absolute atomic E-state index is 13.7. The summed E-state index contributed by atoms with van der Waals surface area (Å²) in [6.45, 7) is 2.07. The maximum atomic E-state index is 13.7. The quantitative estimate of drug-likeness (QED) is 0.529. The van der Waals surface area contributed by atoms with Crippen LogP contribution in [0.3, 0.4) is 0 Å². The van der Waals surface area contributed by atoms with Crippen LogP contribution in [0.15, 0.2) is 48.7 Å². The van der Waals surface area contributed by atoms with Gasteiger partial charge < -0.3 is 5.11 Å². The number of carbonyl (C=O) groups is 1. The van der Waals surface area contributed by atoms with Crippen LogP contribution in [0.5, 0.6) is 0 Å². The minimum Gasteiger partial charge on any atom is -0.477 e. The number of aromatic nitrogens is 1. The maximum Gasteiger partial charge on any atom is 0.346 e. The molecule has 0 aliphatic carbocycles. The van der Waals surface area contributed by atoms with Crippen molar-refractivity contribution in [3.05, 3.63) is 64.9 Å². The Hall–Kier alpha value is -2.79. The zero-order valence-corrected chi connectivity index (χ0v) is 14.2. The summed E-state index contributed by atoms with van der Waals surface area (Å²) >= 11 is 1.17.